The fraction of sp³-hybridized carbons (Fsp3) is 0.538. The highest BCUT2D eigenvalue weighted by atomic mass is 19.1. The molecule has 2 bridgehead atoms. The Hall–Kier alpha value is -1.69. The third-order valence-corrected chi connectivity index (χ3v) is 4.13. The number of hydrogen-bond donors (Lipinski definition) is 1. The van der Waals surface area contributed by atoms with Gasteiger partial charge in [-0.1, -0.05) is 6.07 Å². The van der Waals surface area contributed by atoms with Crippen molar-refractivity contribution in [1.82, 2.24) is 0 Å². The second kappa shape index (κ2) is 4.45. The van der Waals surface area contributed by atoms with E-state index >= 15 is 0 Å². The Morgan fingerprint density at radius 1 is 1.32 bits per heavy atom. The minimum absolute atomic E-state index is 0.0780. The molecule has 2 heterocycles. The van der Waals surface area contributed by atoms with Crippen LogP contribution in [0.5, 0.6) is 0 Å². The third kappa shape index (κ3) is 1.96. The third-order valence-electron chi connectivity index (χ3n) is 4.13. The molecule has 1 aromatic carbocycles. The van der Waals surface area contributed by atoms with E-state index in [9.17, 15) is 19.6 Å². The summed E-state index contributed by atoms with van der Waals surface area (Å²) >= 11 is 0. The Bertz CT molecular complexity index is 509. The molecule has 3 rings (SSSR count). The molecule has 1 N–H and O–H groups in total. The molecule has 2 unspecified atom stereocenters. The van der Waals surface area contributed by atoms with Crippen LogP contribution in [-0.4, -0.2) is 28.2 Å². The van der Waals surface area contributed by atoms with Gasteiger partial charge in [0.15, 0.2) is 0 Å². The molecule has 19 heavy (non-hydrogen) atoms. The second-order valence-electron chi connectivity index (χ2n) is 5.28. The van der Waals surface area contributed by atoms with Gasteiger partial charge in [-0.2, -0.15) is 4.39 Å². The Morgan fingerprint density at radius 2 is 1.95 bits per heavy atom. The number of hydrogen-bond acceptors (Lipinski definition) is 4. The van der Waals surface area contributed by atoms with Gasteiger partial charge in [0, 0.05) is 12.1 Å². The largest absolute Gasteiger partial charge is 0.393 e. The van der Waals surface area contributed by atoms with E-state index in [2.05, 4.69) is 0 Å². The van der Waals surface area contributed by atoms with Crippen LogP contribution in [0, 0.1) is 15.9 Å². The van der Waals surface area contributed by atoms with Gasteiger partial charge in [0.05, 0.1) is 11.0 Å². The number of anilines is 1. The lowest BCUT2D eigenvalue weighted by Gasteiger charge is -2.38. The van der Waals surface area contributed by atoms with Crippen LogP contribution in [-0.2, 0) is 0 Å². The van der Waals surface area contributed by atoms with Crippen LogP contribution in [0.4, 0.5) is 15.8 Å². The number of nitrogens with zero attached hydrogens (tertiary/aromatic N) is 2. The van der Waals surface area contributed by atoms with E-state index in [4.69, 9.17) is 0 Å². The van der Waals surface area contributed by atoms with Crippen molar-refractivity contribution in [3.63, 3.8) is 0 Å². The van der Waals surface area contributed by atoms with Gasteiger partial charge >= 0.3 is 5.69 Å². The topological polar surface area (TPSA) is 66.6 Å². The van der Waals surface area contributed by atoms with E-state index in [1.54, 1.807) is 6.07 Å². The first-order valence-corrected chi connectivity index (χ1v) is 6.47. The number of aliphatic hydroxyl groups is 1. The van der Waals surface area contributed by atoms with Crippen LogP contribution < -0.4 is 4.90 Å². The number of aliphatic hydroxyl groups excluding tert-OH is 1. The molecule has 6 heteroatoms. The summed E-state index contributed by atoms with van der Waals surface area (Å²) in [5.74, 6) is -0.798. The van der Waals surface area contributed by atoms with E-state index in [0.29, 0.717) is 18.5 Å². The quantitative estimate of drug-likeness (QED) is 0.658. The highest BCUT2D eigenvalue weighted by Gasteiger charge is 2.42. The highest BCUT2D eigenvalue weighted by molar-refractivity contribution is 5.65. The minimum atomic E-state index is -0.798. The van der Waals surface area contributed by atoms with E-state index in [0.717, 1.165) is 18.9 Å². The number of fused-ring (bicyclic) bond motifs is 2. The molecule has 0 saturated carbocycles. The number of para-hydroxylation sites is 1. The molecule has 2 fully saturated rings. The molecule has 0 amide bonds. The Balaban J connectivity index is 2.04. The van der Waals surface area contributed by atoms with Crippen LogP contribution in [0.2, 0.25) is 0 Å². The standard InChI is InChI=1S/C13H15FN2O3/c14-11-2-1-3-12(13(11)16(18)19)15-8-4-5-9(15)7-10(17)6-8/h1-3,8-10,17H,4-7H2. The van der Waals surface area contributed by atoms with Crippen molar-refractivity contribution in [3.05, 3.63) is 34.1 Å². The maximum Gasteiger partial charge on any atom is 0.327 e. The molecule has 0 aromatic heterocycles. The molecule has 1 aromatic rings. The fourth-order valence-corrected chi connectivity index (χ4v) is 3.43. The predicted octanol–water partition coefficient (Wildman–Crippen LogP) is 2.23. The number of nitro benzene ring substituents is 1. The average molecular weight is 266 g/mol. The van der Waals surface area contributed by atoms with Crippen molar-refractivity contribution < 1.29 is 14.4 Å². The Morgan fingerprint density at radius 3 is 2.53 bits per heavy atom. The van der Waals surface area contributed by atoms with E-state index in [1.807, 2.05) is 4.90 Å². The number of piperidine rings is 1. The summed E-state index contributed by atoms with van der Waals surface area (Å²) in [7, 11) is 0. The van der Waals surface area contributed by atoms with Gasteiger partial charge in [-0.15, -0.1) is 0 Å². The molecule has 0 aliphatic carbocycles. The van der Waals surface area contributed by atoms with Gasteiger partial charge in [0.25, 0.3) is 0 Å². The molecule has 2 saturated heterocycles. The zero-order valence-corrected chi connectivity index (χ0v) is 10.3. The van der Waals surface area contributed by atoms with E-state index in [1.165, 1.54) is 6.07 Å². The smallest absolute Gasteiger partial charge is 0.327 e. The van der Waals surface area contributed by atoms with Crippen LogP contribution in [0.1, 0.15) is 25.7 Å². The maximum absolute atomic E-state index is 13.7. The summed E-state index contributed by atoms with van der Waals surface area (Å²) < 4.78 is 13.7. The summed E-state index contributed by atoms with van der Waals surface area (Å²) in [4.78, 5) is 12.4. The SMILES string of the molecule is O=[N+]([O-])c1c(F)cccc1N1C2CCC1CC(O)C2. The predicted molar refractivity (Wildman–Crippen MR) is 67.6 cm³/mol. The fourth-order valence-electron chi connectivity index (χ4n) is 3.43. The lowest BCUT2D eigenvalue weighted by atomic mass is 9.98. The summed E-state index contributed by atoms with van der Waals surface area (Å²) in [6.45, 7) is 0. The molecular formula is C13H15FN2O3. The molecular weight excluding hydrogens is 251 g/mol. The van der Waals surface area contributed by atoms with Crippen molar-refractivity contribution in [3.8, 4) is 0 Å². The van der Waals surface area contributed by atoms with Gasteiger partial charge in [-0.25, -0.2) is 0 Å². The average Bonchev–Trinajstić information content (AvgIpc) is 2.60. The minimum Gasteiger partial charge on any atom is -0.393 e. The number of halogens is 1. The van der Waals surface area contributed by atoms with Gasteiger partial charge in [-0.3, -0.25) is 10.1 Å². The molecule has 5 nitrogen and oxygen atoms in total. The lowest BCUT2D eigenvalue weighted by molar-refractivity contribution is -0.386. The Labute approximate surface area is 109 Å². The first kappa shape index (κ1) is 12.3. The first-order valence-electron chi connectivity index (χ1n) is 6.47. The summed E-state index contributed by atoms with van der Waals surface area (Å²) in [5.41, 5.74) is -0.0970. The van der Waals surface area contributed by atoms with Crippen LogP contribution in [0.25, 0.3) is 0 Å². The number of nitro groups is 1. The van der Waals surface area contributed by atoms with Crippen molar-refractivity contribution in [2.45, 2.75) is 43.9 Å². The molecule has 2 aliphatic heterocycles. The van der Waals surface area contributed by atoms with Crippen molar-refractivity contribution >= 4 is 11.4 Å². The monoisotopic (exact) mass is 266 g/mol. The lowest BCUT2D eigenvalue weighted by Crippen LogP contribution is -2.45. The van der Waals surface area contributed by atoms with Gasteiger partial charge in [0.1, 0.15) is 5.69 Å². The maximum atomic E-state index is 13.7. The normalized spacial score (nSPS) is 29.6. The molecule has 0 radical (unpaired) electrons. The molecule has 0 spiro atoms. The summed E-state index contributed by atoms with van der Waals surface area (Å²) in [5, 5.41) is 20.8. The number of rotatable bonds is 2. The summed E-state index contributed by atoms with van der Waals surface area (Å²) in [6, 6.07) is 4.37. The highest BCUT2D eigenvalue weighted by Crippen LogP contribution is 2.43. The second-order valence-corrected chi connectivity index (χ2v) is 5.28. The van der Waals surface area contributed by atoms with Crippen LogP contribution in [0.3, 0.4) is 0 Å². The van der Waals surface area contributed by atoms with Crippen molar-refractivity contribution in [2.75, 3.05) is 4.90 Å². The van der Waals surface area contributed by atoms with E-state index < -0.39 is 16.4 Å². The molecule has 2 aliphatic rings. The summed E-state index contributed by atoms with van der Waals surface area (Å²) in [6.07, 6.45) is 2.65. The molecule has 2 atom stereocenters. The first-order chi connectivity index (χ1) is 9.08. The van der Waals surface area contributed by atoms with Crippen LogP contribution in [0.15, 0.2) is 18.2 Å². The van der Waals surface area contributed by atoms with Gasteiger partial charge < -0.3 is 10.0 Å². The zero-order valence-electron chi connectivity index (χ0n) is 10.3. The van der Waals surface area contributed by atoms with Crippen LogP contribution >= 0.6 is 0 Å². The van der Waals surface area contributed by atoms with E-state index in [-0.39, 0.29) is 18.2 Å². The molecule has 102 valence electrons. The number of benzene rings is 1. The van der Waals surface area contributed by atoms with Crippen molar-refractivity contribution in [2.24, 2.45) is 0 Å². The zero-order chi connectivity index (χ0) is 13.6. The van der Waals surface area contributed by atoms with Crippen molar-refractivity contribution in [1.29, 1.82) is 0 Å². The van der Waals surface area contributed by atoms with Gasteiger partial charge in [0.2, 0.25) is 5.82 Å². The van der Waals surface area contributed by atoms with Gasteiger partial charge in [-0.05, 0) is 37.8 Å². The Kier molecular flexibility index (Phi) is 2.89.